The standard InChI is InChI=1S/C13H25N3OS/c1-6-10(7-2)16(4)13-15-11(9-17-5)12(18-13)8-14-3/h10,14H,6-9H2,1-5H3. The molecule has 5 heteroatoms. The van der Waals surface area contributed by atoms with Crippen molar-refractivity contribution in [1.29, 1.82) is 0 Å². The van der Waals surface area contributed by atoms with Crippen LogP contribution in [0.3, 0.4) is 0 Å². The molecule has 0 atom stereocenters. The summed E-state index contributed by atoms with van der Waals surface area (Å²) in [6.45, 7) is 5.89. The molecule has 0 unspecified atom stereocenters. The highest BCUT2D eigenvalue weighted by Gasteiger charge is 2.17. The Morgan fingerprint density at radius 1 is 1.39 bits per heavy atom. The molecule has 0 spiro atoms. The van der Waals surface area contributed by atoms with E-state index in [0.717, 1.165) is 30.2 Å². The first-order valence-corrected chi connectivity index (χ1v) is 7.34. The minimum absolute atomic E-state index is 0.564. The Labute approximate surface area is 114 Å². The molecule has 0 aromatic carbocycles. The fourth-order valence-electron chi connectivity index (χ4n) is 2.06. The van der Waals surface area contributed by atoms with Gasteiger partial charge in [0.05, 0.1) is 12.3 Å². The lowest BCUT2D eigenvalue weighted by Gasteiger charge is -2.25. The number of rotatable bonds is 8. The van der Waals surface area contributed by atoms with E-state index in [1.54, 1.807) is 18.4 Å². The zero-order chi connectivity index (χ0) is 13.5. The van der Waals surface area contributed by atoms with Crippen LogP contribution in [0.1, 0.15) is 37.3 Å². The fourth-order valence-corrected chi connectivity index (χ4v) is 3.17. The van der Waals surface area contributed by atoms with E-state index in [2.05, 4.69) is 31.1 Å². The first-order chi connectivity index (χ1) is 8.67. The Balaban J connectivity index is 2.91. The van der Waals surface area contributed by atoms with Crippen molar-refractivity contribution in [2.24, 2.45) is 0 Å². The van der Waals surface area contributed by atoms with Crippen molar-refractivity contribution in [3.63, 3.8) is 0 Å². The molecule has 104 valence electrons. The summed E-state index contributed by atoms with van der Waals surface area (Å²) in [6, 6.07) is 0.564. The van der Waals surface area contributed by atoms with Crippen molar-refractivity contribution < 1.29 is 4.74 Å². The maximum Gasteiger partial charge on any atom is 0.185 e. The number of methoxy groups -OCH3 is 1. The van der Waals surface area contributed by atoms with Gasteiger partial charge in [-0.15, -0.1) is 11.3 Å². The number of thiazole rings is 1. The fraction of sp³-hybridized carbons (Fsp3) is 0.769. The number of nitrogens with one attached hydrogen (secondary N) is 1. The molecule has 1 rings (SSSR count). The Bertz CT molecular complexity index is 327. The van der Waals surface area contributed by atoms with Crippen molar-refractivity contribution >= 4 is 16.5 Å². The van der Waals surface area contributed by atoms with E-state index in [-0.39, 0.29) is 0 Å². The quantitative estimate of drug-likeness (QED) is 0.789. The van der Waals surface area contributed by atoms with Crippen LogP contribution in [0.4, 0.5) is 5.13 Å². The Kier molecular flexibility index (Phi) is 6.60. The van der Waals surface area contributed by atoms with E-state index < -0.39 is 0 Å². The van der Waals surface area contributed by atoms with Crippen molar-refractivity contribution in [3.8, 4) is 0 Å². The molecule has 4 nitrogen and oxygen atoms in total. The average Bonchev–Trinajstić information content (AvgIpc) is 2.75. The summed E-state index contributed by atoms with van der Waals surface area (Å²) in [6.07, 6.45) is 2.29. The van der Waals surface area contributed by atoms with Crippen LogP contribution in [0.2, 0.25) is 0 Å². The van der Waals surface area contributed by atoms with Gasteiger partial charge in [-0.25, -0.2) is 4.98 Å². The van der Waals surface area contributed by atoms with Gasteiger partial charge in [0.15, 0.2) is 5.13 Å². The molecule has 0 radical (unpaired) electrons. The van der Waals surface area contributed by atoms with Crippen molar-refractivity contribution in [3.05, 3.63) is 10.6 Å². The molecule has 1 aromatic heterocycles. The SMILES string of the molecule is CCC(CC)N(C)c1nc(COC)c(CNC)s1. The van der Waals surface area contributed by atoms with Gasteiger partial charge in [-0.2, -0.15) is 0 Å². The second-order valence-electron chi connectivity index (χ2n) is 4.41. The largest absolute Gasteiger partial charge is 0.378 e. The lowest BCUT2D eigenvalue weighted by atomic mass is 10.1. The molecule has 0 aliphatic carbocycles. The van der Waals surface area contributed by atoms with Gasteiger partial charge in [-0.05, 0) is 19.9 Å². The second-order valence-corrected chi connectivity index (χ2v) is 5.47. The Morgan fingerprint density at radius 2 is 2.06 bits per heavy atom. The van der Waals surface area contributed by atoms with Crippen LogP contribution >= 0.6 is 11.3 Å². The zero-order valence-electron chi connectivity index (χ0n) is 12.1. The third-order valence-corrected chi connectivity index (χ3v) is 4.37. The summed E-state index contributed by atoms with van der Waals surface area (Å²) in [5.74, 6) is 0. The Hall–Kier alpha value is -0.650. The molecular formula is C13H25N3OS. The second kappa shape index (κ2) is 7.71. The minimum Gasteiger partial charge on any atom is -0.378 e. The monoisotopic (exact) mass is 271 g/mol. The molecule has 0 bridgehead atoms. The average molecular weight is 271 g/mol. The number of ether oxygens (including phenoxy) is 1. The third-order valence-electron chi connectivity index (χ3n) is 3.18. The van der Waals surface area contributed by atoms with E-state index in [1.165, 1.54) is 4.88 Å². The van der Waals surface area contributed by atoms with Crippen LogP contribution < -0.4 is 10.2 Å². The highest BCUT2D eigenvalue weighted by molar-refractivity contribution is 7.15. The topological polar surface area (TPSA) is 37.4 Å². The van der Waals surface area contributed by atoms with Gasteiger partial charge < -0.3 is 15.0 Å². The molecule has 0 aliphatic heterocycles. The first-order valence-electron chi connectivity index (χ1n) is 6.52. The molecule has 0 amide bonds. The normalized spacial score (nSPS) is 11.2. The molecule has 0 saturated heterocycles. The van der Waals surface area contributed by atoms with Crippen molar-refractivity contribution in [2.75, 3.05) is 26.1 Å². The molecule has 1 N–H and O–H groups in total. The highest BCUT2D eigenvalue weighted by Crippen LogP contribution is 2.28. The van der Waals surface area contributed by atoms with Gasteiger partial charge in [0, 0.05) is 31.6 Å². The summed E-state index contributed by atoms with van der Waals surface area (Å²) in [4.78, 5) is 8.28. The molecule has 0 saturated carbocycles. The number of nitrogens with zero attached hydrogens (tertiary/aromatic N) is 2. The van der Waals surface area contributed by atoms with E-state index >= 15 is 0 Å². The van der Waals surface area contributed by atoms with E-state index in [0.29, 0.717) is 12.6 Å². The molecule has 1 aromatic rings. The summed E-state index contributed by atoms with van der Waals surface area (Å²) in [5.41, 5.74) is 1.06. The molecule has 18 heavy (non-hydrogen) atoms. The predicted octanol–water partition coefficient (Wildman–Crippen LogP) is 2.63. The zero-order valence-corrected chi connectivity index (χ0v) is 12.9. The predicted molar refractivity (Wildman–Crippen MR) is 78.4 cm³/mol. The third kappa shape index (κ3) is 3.67. The number of hydrogen-bond donors (Lipinski definition) is 1. The smallest absolute Gasteiger partial charge is 0.185 e. The number of hydrogen-bond acceptors (Lipinski definition) is 5. The van der Waals surface area contributed by atoms with Crippen molar-refractivity contribution in [1.82, 2.24) is 10.3 Å². The van der Waals surface area contributed by atoms with Crippen LogP contribution in [0.25, 0.3) is 0 Å². The van der Waals surface area contributed by atoms with Crippen LogP contribution in [-0.4, -0.2) is 32.2 Å². The van der Waals surface area contributed by atoms with Gasteiger partial charge >= 0.3 is 0 Å². The molecule has 0 aliphatic rings. The van der Waals surface area contributed by atoms with Gasteiger partial charge in [0.1, 0.15) is 0 Å². The highest BCUT2D eigenvalue weighted by atomic mass is 32.1. The van der Waals surface area contributed by atoms with Crippen LogP contribution in [0.15, 0.2) is 0 Å². The van der Waals surface area contributed by atoms with Gasteiger partial charge in [0.25, 0.3) is 0 Å². The minimum atomic E-state index is 0.564. The first kappa shape index (κ1) is 15.4. The van der Waals surface area contributed by atoms with Crippen molar-refractivity contribution in [2.45, 2.75) is 45.9 Å². The lowest BCUT2D eigenvalue weighted by molar-refractivity contribution is 0.181. The number of anilines is 1. The van der Waals surface area contributed by atoms with Crippen LogP contribution in [-0.2, 0) is 17.9 Å². The summed E-state index contributed by atoms with van der Waals surface area (Å²) in [5, 5.41) is 4.29. The summed E-state index contributed by atoms with van der Waals surface area (Å²) in [7, 11) is 5.81. The van der Waals surface area contributed by atoms with Crippen LogP contribution in [0, 0.1) is 0 Å². The van der Waals surface area contributed by atoms with E-state index in [9.17, 15) is 0 Å². The van der Waals surface area contributed by atoms with Crippen LogP contribution in [0.5, 0.6) is 0 Å². The van der Waals surface area contributed by atoms with E-state index in [1.807, 2.05) is 7.05 Å². The summed E-state index contributed by atoms with van der Waals surface area (Å²) >= 11 is 1.76. The molecule has 0 fully saturated rings. The van der Waals surface area contributed by atoms with Gasteiger partial charge in [0.2, 0.25) is 0 Å². The molecular weight excluding hydrogens is 246 g/mol. The van der Waals surface area contributed by atoms with E-state index in [4.69, 9.17) is 9.72 Å². The van der Waals surface area contributed by atoms with Gasteiger partial charge in [-0.3, -0.25) is 0 Å². The lowest BCUT2D eigenvalue weighted by Crippen LogP contribution is -2.30. The molecule has 1 heterocycles. The maximum absolute atomic E-state index is 5.22. The Morgan fingerprint density at radius 3 is 2.56 bits per heavy atom. The van der Waals surface area contributed by atoms with Gasteiger partial charge in [-0.1, -0.05) is 13.8 Å². The number of aromatic nitrogens is 1. The maximum atomic E-state index is 5.22. The summed E-state index contributed by atoms with van der Waals surface area (Å²) < 4.78 is 5.22.